The number of carbonyl (C=O) groups excluding carboxylic acids is 2. The Morgan fingerprint density at radius 1 is 1.27 bits per heavy atom. The van der Waals surface area contributed by atoms with Gasteiger partial charge in [0.1, 0.15) is 0 Å². The third kappa shape index (κ3) is 4.45. The maximum atomic E-state index is 12.5. The van der Waals surface area contributed by atoms with Crippen LogP contribution in [-0.4, -0.2) is 29.8 Å². The number of nitrogens with one attached hydrogen (secondary N) is 1. The molecule has 0 aromatic heterocycles. The molecule has 1 atom stereocenters. The van der Waals surface area contributed by atoms with Crippen molar-refractivity contribution >= 4 is 11.8 Å². The zero-order chi connectivity index (χ0) is 15.9. The Balaban J connectivity index is 1.95. The summed E-state index contributed by atoms with van der Waals surface area (Å²) >= 11 is 0. The van der Waals surface area contributed by atoms with Gasteiger partial charge in [0.25, 0.3) is 5.91 Å². The number of hydrogen-bond donors (Lipinski definition) is 1. The van der Waals surface area contributed by atoms with Crippen molar-refractivity contribution in [1.29, 1.82) is 0 Å². The molecule has 0 bridgehead atoms. The van der Waals surface area contributed by atoms with Crippen LogP contribution >= 0.6 is 0 Å². The van der Waals surface area contributed by atoms with Crippen molar-refractivity contribution in [1.82, 2.24) is 10.2 Å². The highest BCUT2D eigenvalue weighted by molar-refractivity contribution is 5.94. The molecule has 1 unspecified atom stereocenters. The lowest BCUT2D eigenvalue weighted by Gasteiger charge is -2.20. The lowest BCUT2D eigenvalue weighted by Crippen LogP contribution is -2.32. The maximum absolute atomic E-state index is 12.5. The molecule has 1 aromatic carbocycles. The summed E-state index contributed by atoms with van der Waals surface area (Å²) in [6, 6.07) is 7.45. The predicted molar refractivity (Wildman–Crippen MR) is 87.4 cm³/mol. The smallest absolute Gasteiger partial charge is 0.253 e. The van der Waals surface area contributed by atoms with E-state index in [0.717, 1.165) is 31.5 Å². The van der Waals surface area contributed by atoms with E-state index in [0.29, 0.717) is 18.0 Å². The molecule has 1 N–H and O–H groups in total. The van der Waals surface area contributed by atoms with Crippen molar-refractivity contribution in [3.63, 3.8) is 0 Å². The molecule has 2 amide bonds. The first kappa shape index (κ1) is 16.3. The molecule has 22 heavy (non-hydrogen) atoms. The van der Waals surface area contributed by atoms with Gasteiger partial charge in [0, 0.05) is 25.2 Å². The normalized spacial score (nSPS) is 18.4. The predicted octanol–water partition coefficient (Wildman–Crippen LogP) is 2.75. The second-order valence-electron chi connectivity index (χ2n) is 5.95. The molecular formula is C18H24N2O2. The maximum Gasteiger partial charge on any atom is 0.253 e. The minimum atomic E-state index is -0.196. The fourth-order valence-electron chi connectivity index (χ4n) is 2.68. The number of amides is 2. The van der Waals surface area contributed by atoms with Crippen LogP contribution in [0.2, 0.25) is 0 Å². The third-order valence-corrected chi connectivity index (χ3v) is 4.16. The SMILES string of the molecule is C=CC(=O)NCc1ccc(C(=O)N2CCCC(C)CC2)cc1. The molecule has 0 spiro atoms. The lowest BCUT2D eigenvalue weighted by molar-refractivity contribution is -0.116. The number of likely N-dealkylation sites (tertiary alicyclic amines) is 1. The van der Waals surface area contributed by atoms with Gasteiger partial charge in [-0.05, 0) is 49.0 Å². The molecule has 2 rings (SSSR count). The van der Waals surface area contributed by atoms with Crippen LogP contribution in [0.25, 0.3) is 0 Å². The van der Waals surface area contributed by atoms with Gasteiger partial charge in [-0.2, -0.15) is 0 Å². The van der Waals surface area contributed by atoms with Crippen LogP contribution in [-0.2, 0) is 11.3 Å². The summed E-state index contributed by atoms with van der Waals surface area (Å²) in [4.78, 5) is 25.6. The molecule has 0 saturated carbocycles. The average molecular weight is 300 g/mol. The molecule has 0 radical (unpaired) electrons. The van der Waals surface area contributed by atoms with Crippen molar-refractivity contribution in [2.24, 2.45) is 5.92 Å². The summed E-state index contributed by atoms with van der Waals surface area (Å²) in [5.74, 6) is 0.614. The first-order valence-electron chi connectivity index (χ1n) is 7.88. The van der Waals surface area contributed by atoms with E-state index in [2.05, 4.69) is 18.8 Å². The Morgan fingerprint density at radius 3 is 2.68 bits per heavy atom. The standard InChI is InChI=1S/C18H24N2O2/c1-3-17(21)19-13-15-6-8-16(9-7-15)18(22)20-11-4-5-14(2)10-12-20/h3,6-9,14H,1,4-5,10-13H2,2H3,(H,19,21). The summed E-state index contributed by atoms with van der Waals surface area (Å²) in [6.45, 7) is 7.80. The highest BCUT2D eigenvalue weighted by atomic mass is 16.2. The second kappa shape index (κ2) is 7.78. The number of hydrogen-bond acceptors (Lipinski definition) is 2. The van der Waals surface area contributed by atoms with Crippen LogP contribution in [0.4, 0.5) is 0 Å². The van der Waals surface area contributed by atoms with Gasteiger partial charge >= 0.3 is 0 Å². The van der Waals surface area contributed by atoms with Crippen LogP contribution in [0.1, 0.15) is 42.1 Å². The van der Waals surface area contributed by atoms with Crippen molar-refractivity contribution in [2.45, 2.75) is 32.7 Å². The van der Waals surface area contributed by atoms with Gasteiger partial charge < -0.3 is 10.2 Å². The fraction of sp³-hybridized carbons (Fsp3) is 0.444. The number of benzene rings is 1. The first-order valence-corrected chi connectivity index (χ1v) is 7.88. The summed E-state index contributed by atoms with van der Waals surface area (Å²) in [5.41, 5.74) is 1.68. The van der Waals surface area contributed by atoms with Crippen molar-refractivity contribution < 1.29 is 9.59 Å². The van der Waals surface area contributed by atoms with Gasteiger partial charge in [0.05, 0.1) is 0 Å². The van der Waals surface area contributed by atoms with Gasteiger partial charge in [0.2, 0.25) is 5.91 Å². The van der Waals surface area contributed by atoms with Crippen LogP contribution < -0.4 is 5.32 Å². The molecule has 1 aliphatic heterocycles. The van der Waals surface area contributed by atoms with E-state index in [1.165, 1.54) is 12.5 Å². The van der Waals surface area contributed by atoms with Crippen LogP contribution in [0.15, 0.2) is 36.9 Å². The molecule has 1 heterocycles. The molecule has 1 aromatic rings. The van der Waals surface area contributed by atoms with E-state index in [9.17, 15) is 9.59 Å². The Hall–Kier alpha value is -2.10. The van der Waals surface area contributed by atoms with Gasteiger partial charge in [-0.25, -0.2) is 0 Å². The van der Waals surface area contributed by atoms with Crippen LogP contribution in [0.5, 0.6) is 0 Å². The first-order chi connectivity index (χ1) is 10.6. The lowest BCUT2D eigenvalue weighted by atomic mass is 10.0. The Kier molecular flexibility index (Phi) is 5.75. The second-order valence-corrected chi connectivity index (χ2v) is 5.95. The van der Waals surface area contributed by atoms with E-state index in [-0.39, 0.29) is 11.8 Å². The van der Waals surface area contributed by atoms with E-state index < -0.39 is 0 Å². The minimum absolute atomic E-state index is 0.107. The quantitative estimate of drug-likeness (QED) is 0.869. The summed E-state index contributed by atoms with van der Waals surface area (Å²) < 4.78 is 0. The van der Waals surface area contributed by atoms with E-state index in [1.54, 1.807) is 0 Å². The molecule has 4 nitrogen and oxygen atoms in total. The largest absolute Gasteiger partial charge is 0.348 e. The number of carbonyl (C=O) groups is 2. The Labute approximate surface area is 132 Å². The van der Waals surface area contributed by atoms with Crippen LogP contribution in [0.3, 0.4) is 0 Å². The molecule has 4 heteroatoms. The van der Waals surface area contributed by atoms with E-state index in [4.69, 9.17) is 0 Å². The fourth-order valence-corrected chi connectivity index (χ4v) is 2.68. The molecule has 0 aliphatic carbocycles. The minimum Gasteiger partial charge on any atom is -0.348 e. The third-order valence-electron chi connectivity index (χ3n) is 4.16. The zero-order valence-electron chi connectivity index (χ0n) is 13.2. The molecule has 1 aliphatic rings. The molecule has 1 fully saturated rings. The highest BCUT2D eigenvalue weighted by Crippen LogP contribution is 2.18. The van der Waals surface area contributed by atoms with Crippen molar-refractivity contribution in [2.75, 3.05) is 13.1 Å². The van der Waals surface area contributed by atoms with E-state index >= 15 is 0 Å². The highest BCUT2D eigenvalue weighted by Gasteiger charge is 2.19. The Morgan fingerprint density at radius 2 is 2.00 bits per heavy atom. The molecule has 1 saturated heterocycles. The van der Waals surface area contributed by atoms with Crippen molar-refractivity contribution in [3.8, 4) is 0 Å². The summed E-state index contributed by atoms with van der Waals surface area (Å²) in [6.07, 6.45) is 4.61. The van der Waals surface area contributed by atoms with Gasteiger partial charge in [-0.3, -0.25) is 9.59 Å². The van der Waals surface area contributed by atoms with Gasteiger partial charge in [-0.15, -0.1) is 0 Å². The van der Waals surface area contributed by atoms with Crippen molar-refractivity contribution in [3.05, 3.63) is 48.0 Å². The van der Waals surface area contributed by atoms with Crippen LogP contribution in [0, 0.1) is 5.92 Å². The number of rotatable bonds is 4. The van der Waals surface area contributed by atoms with E-state index in [1.807, 2.05) is 29.2 Å². The topological polar surface area (TPSA) is 49.4 Å². The number of nitrogens with zero attached hydrogens (tertiary/aromatic N) is 1. The summed E-state index contributed by atoms with van der Waals surface area (Å²) in [5, 5.41) is 2.72. The van der Waals surface area contributed by atoms with Gasteiger partial charge in [-0.1, -0.05) is 25.6 Å². The molecular weight excluding hydrogens is 276 g/mol. The zero-order valence-corrected chi connectivity index (χ0v) is 13.2. The Bertz CT molecular complexity index is 537. The monoisotopic (exact) mass is 300 g/mol. The van der Waals surface area contributed by atoms with Gasteiger partial charge in [0.15, 0.2) is 0 Å². The average Bonchev–Trinajstić information content (AvgIpc) is 2.77. The molecule has 118 valence electrons. The summed E-state index contributed by atoms with van der Waals surface area (Å²) in [7, 11) is 0.